The predicted molar refractivity (Wildman–Crippen MR) is 96.2 cm³/mol. The monoisotopic (exact) mass is 359 g/mol. The number of carbonyl (C=O) groups excluding carboxylic acids is 2. The Morgan fingerprint density at radius 2 is 2.12 bits per heavy atom. The van der Waals surface area contributed by atoms with Crippen LogP contribution in [-0.4, -0.2) is 44.8 Å². The van der Waals surface area contributed by atoms with Crippen LogP contribution in [0.4, 0.5) is 5.13 Å². The highest BCUT2D eigenvalue weighted by atomic mass is 32.1. The molecule has 1 atom stereocenters. The predicted octanol–water partition coefficient (Wildman–Crippen LogP) is 2.28. The average Bonchev–Trinajstić information content (AvgIpc) is 3.14. The first-order valence-electron chi connectivity index (χ1n) is 8.24. The van der Waals surface area contributed by atoms with Crippen molar-refractivity contribution in [2.45, 2.75) is 33.6 Å². The lowest BCUT2D eigenvalue weighted by Gasteiger charge is -2.13. The van der Waals surface area contributed by atoms with Gasteiger partial charge in [-0.1, -0.05) is 11.3 Å². The summed E-state index contributed by atoms with van der Waals surface area (Å²) in [6.45, 7) is 6.58. The Morgan fingerprint density at radius 3 is 2.80 bits per heavy atom. The second-order valence-electron chi connectivity index (χ2n) is 6.33. The van der Waals surface area contributed by atoms with Crippen molar-refractivity contribution < 1.29 is 9.59 Å². The molecule has 8 heteroatoms. The fourth-order valence-electron chi connectivity index (χ4n) is 3.03. The topological polar surface area (TPSA) is 88.1 Å². The van der Waals surface area contributed by atoms with Crippen molar-refractivity contribution in [3.05, 3.63) is 23.8 Å². The van der Waals surface area contributed by atoms with Crippen LogP contribution in [0.3, 0.4) is 0 Å². The van der Waals surface area contributed by atoms with Crippen LogP contribution in [-0.2, 0) is 16.0 Å². The molecule has 25 heavy (non-hydrogen) atoms. The first-order chi connectivity index (χ1) is 11.9. The molecule has 2 aromatic rings. The van der Waals surface area contributed by atoms with Crippen LogP contribution in [0.25, 0.3) is 10.6 Å². The molecule has 2 amide bonds. The van der Waals surface area contributed by atoms with Gasteiger partial charge in [0.25, 0.3) is 0 Å². The summed E-state index contributed by atoms with van der Waals surface area (Å²) in [5.41, 5.74) is 2.51. The lowest BCUT2D eigenvalue weighted by Crippen LogP contribution is -2.26. The standard InChI is InChI=1S/C17H21N5O2S/c1-10-16(25-17(19-10)20-11(2)23)15-8-18-7-14(21-15)6-13-4-5-22(9-13)12(3)24/h7-8,13H,4-6,9H2,1-3H3,(H,19,20,23)/t13-/m0/s1. The molecule has 0 spiro atoms. The van der Waals surface area contributed by atoms with Gasteiger partial charge in [0.15, 0.2) is 5.13 Å². The maximum absolute atomic E-state index is 11.5. The first-order valence-corrected chi connectivity index (χ1v) is 9.06. The van der Waals surface area contributed by atoms with Crippen LogP contribution in [0, 0.1) is 12.8 Å². The summed E-state index contributed by atoms with van der Waals surface area (Å²) in [4.78, 5) is 38.9. The molecule has 1 fully saturated rings. The van der Waals surface area contributed by atoms with Gasteiger partial charge in [-0.25, -0.2) is 9.97 Å². The molecule has 2 aromatic heterocycles. The second kappa shape index (κ2) is 7.26. The molecule has 0 aliphatic carbocycles. The van der Waals surface area contributed by atoms with E-state index in [2.05, 4.69) is 15.3 Å². The molecular formula is C17H21N5O2S. The van der Waals surface area contributed by atoms with Gasteiger partial charge >= 0.3 is 0 Å². The normalized spacial score (nSPS) is 16.9. The lowest BCUT2D eigenvalue weighted by atomic mass is 10.0. The molecule has 0 bridgehead atoms. The van der Waals surface area contributed by atoms with Gasteiger partial charge in [0.2, 0.25) is 11.8 Å². The highest BCUT2D eigenvalue weighted by Gasteiger charge is 2.25. The second-order valence-corrected chi connectivity index (χ2v) is 7.33. The minimum atomic E-state index is -0.142. The molecule has 1 saturated heterocycles. The molecule has 0 saturated carbocycles. The Balaban J connectivity index is 1.75. The lowest BCUT2D eigenvalue weighted by molar-refractivity contribution is -0.127. The highest BCUT2D eigenvalue weighted by molar-refractivity contribution is 7.19. The molecule has 1 N–H and O–H groups in total. The zero-order chi connectivity index (χ0) is 18.0. The number of carbonyl (C=O) groups is 2. The van der Waals surface area contributed by atoms with E-state index in [0.29, 0.717) is 11.0 Å². The summed E-state index contributed by atoms with van der Waals surface area (Å²) in [7, 11) is 0. The minimum Gasteiger partial charge on any atom is -0.343 e. The van der Waals surface area contributed by atoms with Gasteiger partial charge < -0.3 is 10.2 Å². The number of rotatable bonds is 4. The summed E-state index contributed by atoms with van der Waals surface area (Å²) in [5, 5.41) is 3.28. The molecule has 0 unspecified atom stereocenters. The molecule has 1 aliphatic heterocycles. The van der Waals surface area contributed by atoms with Crippen molar-refractivity contribution in [2.24, 2.45) is 5.92 Å². The van der Waals surface area contributed by atoms with Crippen molar-refractivity contribution in [1.29, 1.82) is 0 Å². The van der Waals surface area contributed by atoms with E-state index in [0.717, 1.165) is 47.9 Å². The molecule has 0 aromatic carbocycles. The van der Waals surface area contributed by atoms with E-state index in [1.807, 2.05) is 11.8 Å². The third-order valence-corrected chi connectivity index (χ3v) is 5.32. The van der Waals surface area contributed by atoms with Crippen molar-refractivity contribution in [3.63, 3.8) is 0 Å². The van der Waals surface area contributed by atoms with Crippen LogP contribution in [0.5, 0.6) is 0 Å². The van der Waals surface area contributed by atoms with E-state index in [4.69, 9.17) is 4.98 Å². The van der Waals surface area contributed by atoms with Gasteiger partial charge in [-0.15, -0.1) is 0 Å². The van der Waals surface area contributed by atoms with Crippen molar-refractivity contribution in [2.75, 3.05) is 18.4 Å². The van der Waals surface area contributed by atoms with Crippen molar-refractivity contribution in [3.8, 4) is 10.6 Å². The van der Waals surface area contributed by atoms with E-state index in [1.54, 1.807) is 19.3 Å². The number of hydrogen-bond donors (Lipinski definition) is 1. The minimum absolute atomic E-state index is 0.133. The van der Waals surface area contributed by atoms with E-state index >= 15 is 0 Å². The van der Waals surface area contributed by atoms with E-state index in [-0.39, 0.29) is 11.8 Å². The Morgan fingerprint density at radius 1 is 1.32 bits per heavy atom. The summed E-state index contributed by atoms with van der Waals surface area (Å²) in [6.07, 6.45) is 5.31. The maximum atomic E-state index is 11.5. The molecule has 3 rings (SSSR count). The largest absolute Gasteiger partial charge is 0.343 e. The maximum Gasteiger partial charge on any atom is 0.223 e. The van der Waals surface area contributed by atoms with Crippen molar-refractivity contribution >= 4 is 28.3 Å². The van der Waals surface area contributed by atoms with Gasteiger partial charge in [0.05, 0.1) is 22.5 Å². The van der Waals surface area contributed by atoms with Crippen LogP contribution in [0.15, 0.2) is 12.4 Å². The van der Waals surface area contributed by atoms with Gasteiger partial charge in [0.1, 0.15) is 5.69 Å². The summed E-state index contributed by atoms with van der Waals surface area (Å²) in [5.74, 6) is 0.412. The molecule has 3 heterocycles. The number of amides is 2. The van der Waals surface area contributed by atoms with E-state index < -0.39 is 0 Å². The molecular weight excluding hydrogens is 338 g/mol. The molecule has 132 valence electrons. The third kappa shape index (κ3) is 4.19. The number of nitrogens with one attached hydrogen (secondary N) is 1. The van der Waals surface area contributed by atoms with E-state index in [9.17, 15) is 9.59 Å². The Kier molecular flexibility index (Phi) is 5.08. The molecule has 7 nitrogen and oxygen atoms in total. The Hall–Kier alpha value is -2.35. The average molecular weight is 359 g/mol. The highest BCUT2D eigenvalue weighted by Crippen LogP contribution is 2.31. The number of anilines is 1. The van der Waals surface area contributed by atoms with Gasteiger partial charge in [-0.05, 0) is 25.7 Å². The fourth-order valence-corrected chi connectivity index (χ4v) is 4.00. The third-order valence-electron chi connectivity index (χ3n) is 4.23. The van der Waals surface area contributed by atoms with E-state index in [1.165, 1.54) is 18.3 Å². The van der Waals surface area contributed by atoms with Crippen LogP contribution >= 0.6 is 11.3 Å². The fraction of sp³-hybridized carbons (Fsp3) is 0.471. The zero-order valence-electron chi connectivity index (χ0n) is 14.6. The van der Waals surface area contributed by atoms with Gasteiger partial charge in [0, 0.05) is 33.1 Å². The number of aromatic nitrogens is 3. The van der Waals surface area contributed by atoms with Gasteiger partial charge in [-0.3, -0.25) is 14.6 Å². The smallest absolute Gasteiger partial charge is 0.223 e. The summed E-state index contributed by atoms with van der Waals surface area (Å²) >= 11 is 1.40. The number of thiazole rings is 1. The quantitative estimate of drug-likeness (QED) is 0.905. The van der Waals surface area contributed by atoms with Crippen LogP contribution in [0.2, 0.25) is 0 Å². The number of hydrogen-bond acceptors (Lipinski definition) is 6. The van der Waals surface area contributed by atoms with Gasteiger partial charge in [-0.2, -0.15) is 0 Å². The molecule has 0 radical (unpaired) electrons. The number of likely N-dealkylation sites (tertiary alicyclic amines) is 1. The summed E-state index contributed by atoms with van der Waals surface area (Å²) < 4.78 is 0. The Labute approximate surface area is 150 Å². The first kappa shape index (κ1) is 17.5. The zero-order valence-corrected chi connectivity index (χ0v) is 15.4. The van der Waals surface area contributed by atoms with Crippen LogP contribution < -0.4 is 5.32 Å². The number of aryl methyl sites for hydroxylation is 1. The van der Waals surface area contributed by atoms with Crippen molar-refractivity contribution in [1.82, 2.24) is 19.9 Å². The molecule has 1 aliphatic rings. The summed E-state index contributed by atoms with van der Waals surface area (Å²) in [6, 6.07) is 0. The number of nitrogens with zero attached hydrogens (tertiary/aromatic N) is 4. The Bertz CT molecular complexity index is 804. The SMILES string of the molecule is CC(=O)Nc1nc(C)c(-c2cncc(C[C@@H]3CCN(C(C)=O)C3)n2)s1. The van der Waals surface area contributed by atoms with Crippen LogP contribution in [0.1, 0.15) is 31.7 Å².